The summed E-state index contributed by atoms with van der Waals surface area (Å²) in [5, 5.41) is 3.72. The zero-order chi connectivity index (χ0) is 8.69. The van der Waals surface area contributed by atoms with Crippen molar-refractivity contribution in [1.82, 2.24) is 5.32 Å². The van der Waals surface area contributed by atoms with Gasteiger partial charge in [0.05, 0.1) is 6.04 Å². The quantitative estimate of drug-likeness (QED) is 0.530. The molecule has 0 saturated heterocycles. The molecule has 66 valence electrons. The Morgan fingerprint density at radius 3 is 2.73 bits per heavy atom. The van der Waals surface area contributed by atoms with Gasteiger partial charge < -0.3 is 11.1 Å². The molecule has 0 spiro atoms. The Morgan fingerprint density at radius 1 is 1.64 bits per heavy atom. The van der Waals surface area contributed by atoms with E-state index in [4.69, 9.17) is 5.73 Å². The van der Waals surface area contributed by atoms with E-state index in [1.165, 1.54) is 0 Å². The normalized spacial score (nSPS) is 12.6. The first-order chi connectivity index (χ1) is 5.18. The minimum absolute atomic E-state index is 0.0698. The molecule has 0 aromatic heterocycles. The maximum Gasteiger partial charge on any atom is 0.236 e. The number of carbonyl (C=O) groups excluding carboxylic acids is 1. The lowest BCUT2D eigenvalue weighted by Gasteiger charge is -2.06. The van der Waals surface area contributed by atoms with Gasteiger partial charge in [-0.3, -0.25) is 4.79 Å². The van der Waals surface area contributed by atoms with Crippen LogP contribution in [0, 0.1) is 0 Å². The number of nitrogens with one attached hydrogen (secondary N) is 1. The van der Waals surface area contributed by atoms with Crippen LogP contribution in [-0.4, -0.2) is 23.8 Å². The van der Waals surface area contributed by atoms with Gasteiger partial charge in [-0.2, -0.15) is 0 Å². The topological polar surface area (TPSA) is 55.1 Å². The Morgan fingerprint density at radius 2 is 2.27 bits per heavy atom. The van der Waals surface area contributed by atoms with Crippen LogP contribution in [0.15, 0.2) is 0 Å². The Kier molecular flexibility index (Phi) is 6.56. The lowest BCUT2D eigenvalue weighted by atomic mass is 10.3. The number of alkyl halides is 1. The molecule has 11 heavy (non-hydrogen) atoms. The number of halogens is 1. The summed E-state index contributed by atoms with van der Waals surface area (Å²) >= 11 is 3.31. The van der Waals surface area contributed by atoms with Gasteiger partial charge >= 0.3 is 0 Å². The Bertz CT molecular complexity index is 117. The maximum absolute atomic E-state index is 10.9. The van der Waals surface area contributed by atoms with Crippen molar-refractivity contribution in [3.05, 3.63) is 0 Å². The minimum atomic E-state index is -0.390. The van der Waals surface area contributed by atoms with Gasteiger partial charge in [0.15, 0.2) is 0 Å². The van der Waals surface area contributed by atoms with Gasteiger partial charge in [-0.15, -0.1) is 0 Å². The summed E-state index contributed by atoms with van der Waals surface area (Å²) in [5.74, 6) is -0.0698. The standard InChI is InChI=1S/C7H15BrN2O/c1-6(9)7(11)10-5-3-2-4-8/h6H,2-5,9H2,1H3,(H,10,11). The van der Waals surface area contributed by atoms with Gasteiger partial charge in [-0.05, 0) is 19.8 Å². The summed E-state index contributed by atoms with van der Waals surface area (Å²) in [6.45, 7) is 2.41. The summed E-state index contributed by atoms with van der Waals surface area (Å²) < 4.78 is 0. The van der Waals surface area contributed by atoms with Crippen molar-refractivity contribution < 1.29 is 4.79 Å². The van der Waals surface area contributed by atoms with E-state index >= 15 is 0 Å². The van der Waals surface area contributed by atoms with E-state index in [0.717, 1.165) is 24.7 Å². The molecule has 1 unspecified atom stereocenters. The van der Waals surface area contributed by atoms with Crippen LogP contribution in [0.4, 0.5) is 0 Å². The van der Waals surface area contributed by atoms with Crippen molar-refractivity contribution in [1.29, 1.82) is 0 Å². The summed E-state index contributed by atoms with van der Waals surface area (Å²) in [6, 6.07) is -0.390. The number of hydrogen-bond donors (Lipinski definition) is 2. The molecule has 0 saturated carbocycles. The predicted octanol–water partition coefficient (Wildman–Crippen LogP) is 0.625. The first kappa shape index (κ1) is 10.9. The van der Waals surface area contributed by atoms with E-state index < -0.39 is 0 Å². The third kappa shape index (κ3) is 6.31. The summed E-state index contributed by atoms with van der Waals surface area (Å²) in [7, 11) is 0. The lowest BCUT2D eigenvalue weighted by molar-refractivity contribution is -0.121. The number of carbonyl (C=O) groups is 1. The number of unbranched alkanes of at least 4 members (excludes halogenated alkanes) is 1. The van der Waals surface area contributed by atoms with Gasteiger partial charge in [0, 0.05) is 11.9 Å². The Labute approximate surface area is 75.8 Å². The van der Waals surface area contributed by atoms with E-state index in [1.807, 2.05) is 0 Å². The molecular formula is C7H15BrN2O. The van der Waals surface area contributed by atoms with Crippen molar-refractivity contribution in [3.63, 3.8) is 0 Å². The average molecular weight is 223 g/mol. The van der Waals surface area contributed by atoms with Crippen LogP contribution in [0.25, 0.3) is 0 Å². The second-order valence-corrected chi connectivity index (χ2v) is 3.27. The fourth-order valence-electron chi connectivity index (χ4n) is 0.592. The molecule has 0 rings (SSSR count). The highest BCUT2D eigenvalue weighted by atomic mass is 79.9. The summed E-state index contributed by atoms with van der Waals surface area (Å²) in [5.41, 5.74) is 5.33. The van der Waals surface area contributed by atoms with E-state index in [1.54, 1.807) is 6.92 Å². The molecular weight excluding hydrogens is 208 g/mol. The molecule has 4 heteroatoms. The molecule has 3 N–H and O–H groups in total. The number of amides is 1. The summed E-state index contributed by atoms with van der Waals surface area (Å²) in [4.78, 5) is 10.9. The SMILES string of the molecule is CC(N)C(=O)NCCCCBr. The Hall–Kier alpha value is -0.0900. The van der Waals surface area contributed by atoms with E-state index in [2.05, 4.69) is 21.2 Å². The monoisotopic (exact) mass is 222 g/mol. The smallest absolute Gasteiger partial charge is 0.236 e. The second kappa shape index (κ2) is 6.61. The number of hydrogen-bond acceptors (Lipinski definition) is 2. The largest absolute Gasteiger partial charge is 0.355 e. The maximum atomic E-state index is 10.9. The third-order valence-electron chi connectivity index (χ3n) is 1.27. The van der Waals surface area contributed by atoms with Gasteiger partial charge in [-0.25, -0.2) is 0 Å². The average Bonchev–Trinajstić information content (AvgIpc) is 1.97. The van der Waals surface area contributed by atoms with E-state index in [-0.39, 0.29) is 11.9 Å². The van der Waals surface area contributed by atoms with Gasteiger partial charge in [0.25, 0.3) is 0 Å². The first-order valence-corrected chi connectivity index (χ1v) is 4.90. The molecule has 3 nitrogen and oxygen atoms in total. The van der Waals surface area contributed by atoms with Crippen LogP contribution in [0.3, 0.4) is 0 Å². The third-order valence-corrected chi connectivity index (χ3v) is 1.83. The van der Waals surface area contributed by atoms with E-state index in [0.29, 0.717) is 0 Å². The van der Waals surface area contributed by atoms with Crippen molar-refractivity contribution in [2.24, 2.45) is 5.73 Å². The predicted molar refractivity (Wildman–Crippen MR) is 49.7 cm³/mol. The van der Waals surface area contributed by atoms with Crippen LogP contribution in [0.5, 0.6) is 0 Å². The molecule has 0 aromatic carbocycles. The molecule has 0 aromatic rings. The fraction of sp³-hybridized carbons (Fsp3) is 0.857. The zero-order valence-corrected chi connectivity index (χ0v) is 8.36. The molecule has 0 aliphatic heterocycles. The van der Waals surface area contributed by atoms with Crippen molar-refractivity contribution in [2.45, 2.75) is 25.8 Å². The van der Waals surface area contributed by atoms with Crippen LogP contribution in [0.2, 0.25) is 0 Å². The highest BCUT2D eigenvalue weighted by Gasteiger charge is 2.04. The van der Waals surface area contributed by atoms with Gasteiger partial charge in [-0.1, -0.05) is 15.9 Å². The first-order valence-electron chi connectivity index (χ1n) is 3.77. The number of nitrogens with two attached hydrogens (primary N) is 1. The van der Waals surface area contributed by atoms with Crippen LogP contribution in [0.1, 0.15) is 19.8 Å². The molecule has 1 atom stereocenters. The van der Waals surface area contributed by atoms with Crippen LogP contribution >= 0.6 is 15.9 Å². The highest BCUT2D eigenvalue weighted by Crippen LogP contribution is 1.91. The Balaban J connectivity index is 3.18. The van der Waals surface area contributed by atoms with Crippen molar-refractivity contribution in [3.8, 4) is 0 Å². The molecule has 0 aliphatic carbocycles. The molecule has 1 amide bonds. The second-order valence-electron chi connectivity index (χ2n) is 2.48. The van der Waals surface area contributed by atoms with Gasteiger partial charge in [0.2, 0.25) is 5.91 Å². The van der Waals surface area contributed by atoms with Crippen molar-refractivity contribution in [2.75, 3.05) is 11.9 Å². The molecule has 0 heterocycles. The van der Waals surface area contributed by atoms with Gasteiger partial charge in [0.1, 0.15) is 0 Å². The number of rotatable bonds is 5. The highest BCUT2D eigenvalue weighted by molar-refractivity contribution is 9.09. The van der Waals surface area contributed by atoms with Crippen LogP contribution in [-0.2, 0) is 4.79 Å². The van der Waals surface area contributed by atoms with Crippen LogP contribution < -0.4 is 11.1 Å². The molecule has 0 radical (unpaired) electrons. The molecule has 0 aliphatic rings. The minimum Gasteiger partial charge on any atom is -0.355 e. The lowest BCUT2D eigenvalue weighted by Crippen LogP contribution is -2.38. The van der Waals surface area contributed by atoms with Crippen molar-refractivity contribution >= 4 is 21.8 Å². The summed E-state index contributed by atoms with van der Waals surface area (Å²) in [6.07, 6.45) is 2.09. The fourth-order valence-corrected chi connectivity index (χ4v) is 0.989. The molecule has 0 fully saturated rings. The zero-order valence-electron chi connectivity index (χ0n) is 6.77. The molecule has 0 bridgehead atoms. The van der Waals surface area contributed by atoms with E-state index in [9.17, 15) is 4.79 Å².